The first kappa shape index (κ1) is 18.9. The van der Waals surface area contributed by atoms with Crippen LogP contribution in [0.5, 0.6) is 0 Å². The van der Waals surface area contributed by atoms with Gasteiger partial charge in [-0.05, 0) is 31.0 Å². The lowest BCUT2D eigenvalue weighted by Gasteiger charge is -2.32. The highest BCUT2D eigenvalue weighted by molar-refractivity contribution is 5.76. The molecule has 150 valence electrons. The van der Waals surface area contributed by atoms with Gasteiger partial charge in [0.1, 0.15) is 12.4 Å². The minimum absolute atomic E-state index is 0.0140. The SMILES string of the molecule is Cn1nc(C2CCCN(C(=O)Cn3ccccc3=O)C2)n(-c2ccccc2)c1=O. The molecule has 1 unspecified atom stereocenters. The van der Waals surface area contributed by atoms with Gasteiger partial charge in [-0.3, -0.25) is 9.59 Å². The predicted octanol–water partition coefficient (Wildman–Crippen LogP) is 1.14. The fraction of sp³-hybridized carbons (Fsp3) is 0.333. The van der Waals surface area contributed by atoms with Gasteiger partial charge in [-0.1, -0.05) is 24.3 Å². The average molecular weight is 393 g/mol. The average Bonchev–Trinajstić information content (AvgIpc) is 3.05. The van der Waals surface area contributed by atoms with Crippen LogP contribution in [0.15, 0.2) is 64.3 Å². The number of rotatable bonds is 4. The fourth-order valence-electron chi connectivity index (χ4n) is 3.82. The first-order valence-corrected chi connectivity index (χ1v) is 9.69. The molecule has 1 amide bonds. The molecule has 3 aromatic rings. The molecule has 1 aromatic carbocycles. The monoisotopic (exact) mass is 393 g/mol. The summed E-state index contributed by atoms with van der Waals surface area (Å²) in [5.74, 6) is 0.514. The molecule has 0 spiro atoms. The third-order valence-corrected chi connectivity index (χ3v) is 5.31. The number of benzene rings is 1. The normalized spacial score (nSPS) is 16.7. The van der Waals surface area contributed by atoms with Crippen LogP contribution in [0.4, 0.5) is 0 Å². The molecule has 8 heteroatoms. The number of likely N-dealkylation sites (tertiary alicyclic amines) is 1. The number of hydrogen-bond acceptors (Lipinski definition) is 4. The molecule has 1 saturated heterocycles. The molecule has 4 rings (SSSR count). The Morgan fingerprint density at radius 1 is 1.10 bits per heavy atom. The third-order valence-electron chi connectivity index (χ3n) is 5.31. The van der Waals surface area contributed by atoms with Crippen LogP contribution in [0.25, 0.3) is 5.69 Å². The minimum Gasteiger partial charge on any atom is -0.340 e. The molecule has 0 aliphatic carbocycles. The molecule has 1 atom stereocenters. The van der Waals surface area contributed by atoms with Gasteiger partial charge < -0.3 is 9.47 Å². The molecular formula is C21H23N5O3. The highest BCUT2D eigenvalue weighted by atomic mass is 16.2. The van der Waals surface area contributed by atoms with Crippen molar-refractivity contribution in [1.82, 2.24) is 23.8 Å². The Labute approximate surface area is 167 Å². The van der Waals surface area contributed by atoms with E-state index in [1.54, 1.807) is 34.8 Å². The lowest BCUT2D eigenvalue weighted by molar-refractivity contribution is -0.133. The van der Waals surface area contributed by atoms with Crippen molar-refractivity contribution in [2.45, 2.75) is 25.3 Å². The first-order valence-electron chi connectivity index (χ1n) is 9.69. The van der Waals surface area contributed by atoms with Crippen molar-refractivity contribution in [3.8, 4) is 5.69 Å². The maximum atomic E-state index is 12.8. The van der Waals surface area contributed by atoms with E-state index in [0.29, 0.717) is 18.9 Å². The summed E-state index contributed by atoms with van der Waals surface area (Å²) in [7, 11) is 1.64. The van der Waals surface area contributed by atoms with E-state index in [9.17, 15) is 14.4 Å². The van der Waals surface area contributed by atoms with E-state index >= 15 is 0 Å². The highest BCUT2D eigenvalue weighted by Gasteiger charge is 2.29. The molecule has 0 N–H and O–H groups in total. The van der Waals surface area contributed by atoms with E-state index in [2.05, 4.69) is 5.10 Å². The van der Waals surface area contributed by atoms with Crippen molar-refractivity contribution in [2.75, 3.05) is 13.1 Å². The molecule has 29 heavy (non-hydrogen) atoms. The van der Waals surface area contributed by atoms with E-state index in [0.717, 1.165) is 18.5 Å². The summed E-state index contributed by atoms with van der Waals surface area (Å²) in [6.45, 7) is 1.13. The van der Waals surface area contributed by atoms with Gasteiger partial charge in [-0.25, -0.2) is 14.0 Å². The zero-order valence-electron chi connectivity index (χ0n) is 16.3. The standard InChI is InChI=1S/C21H23N5O3/c1-23-21(29)26(17-9-3-2-4-10-17)20(22-23)16-8-7-13-24(14-16)19(28)15-25-12-6-5-11-18(25)27/h2-6,9-12,16H,7-8,13-15H2,1H3. The van der Waals surface area contributed by atoms with Crippen molar-refractivity contribution in [2.24, 2.45) is 7.05 Å². The van der Waals surface area contributed by atoms with E-state index in [1.807, 2.05) is 30.3 Å². The maximum absolute atomic E-state index is 12.8. The zero-order valence-corrected chi connectivity index (χ0v) is 16.3. The Kier molecular flexibility index (Phi) is 5.16. The second-order valence-electron chi connectivity index (χ2n) is 7.28. The number of pyridine rings is 1. The highest BCUT2D eigenvalue weighted by Crippen LogP contribution is 2.26. The number of nitrogens with zero attached hydrogens (tertiary/aromatic N) is 5. The summed E-state index contributed by atoms with van der Waals surface area (Å²) in [5.41, 5.74) is 0.363. The number of aryl methyl sites for hydroxylation is 1. The van der Waals surface area contributed by atoms with Gasteiger partial charge in [-0.2, -0.15) is 5.10 Å². The molecule has 1 fully saturated rings. The van der Waals surface area contributed by atoms with Crippen LogP contribution in [0.2, 0.25) is 0 Å². The van der Waals surface area contributed by atoms with Crippen LogP contribution < -0.4 is 11.2 Å². The lowest BCUT2D eigenvalue weighted by Crippen LogP contribution is -2.42. The number of amides is 1. The summed E-state index contributed by atoms with van der Waals surface area (Å²) < 4.78 is 4.37. The number of hydrogen-bond donors (Lipinski definition) is 0. The Hall–Kier alpha value is -3.42. The molecule has 3 heterocycles. The van der Waals surface area contributed by atoms with E-state index in [-0.39, 0.29) is 29.6 Å². The Morgan fingerprint density at radius 3 is 2.62 bits per heavy atom. The molecule has 8 nitrogen and oxygen atoms in total. The molecule has 0 bridgehead atoms. The van der Waals surface area contributed by atoms with Crippen molar-refractivity contribution in [1.29, 1.82) is 0 Å². The molecular weight excluding hydrogens is 370 g/mol. The number of piperidine rings is 1. The molecule has 0 radical (unpaired) electrons. The van der Waals surface area contributed by atoms with Crippen LogP contribution in [0.1, 0.15) is 24.6 Å². The molecule has 2 aromatic heterocycles. The third kappa shape index (κ3) is 3.78. The molecule has 1 aliphatic heterocycles. The smallest absolute Gasteiger partial charge is 0.340 e. The number of para-hydroxylation sites is 1. The summed E-state index contributed by atoms with van der Waals surface area (Å²) in [6.07, 6.45) is 3.28. The zero-order chi connectivity index (χ0) is 20.4. The van der Waals surface area contributed by atoms with Crippen molar-refractivity contribution in [3.63, 3.8) is 0 Å². The minimum atomic E-state index is -0.203. The van der Waals surface area contributed by atoms with Gasteiger partial charge in [0.15, 0.2) is 0 Å². The van der Waals surface area contributed by atoms with Crippen molar-refractivity contribution < 1.29 is 4.79 Å². The van der Waals surface area contributed by atoms with Crippen LogP contribution in [-0.2, 0) is 18.4 Å². The van der Waals surface area contributed by atoms with E-state index in [4.69, 9.17) is 0 Å². The van der Waals surface area contributed by atoms with Crippen molar-refractivity contribution in [3.05, 3.63) is 81.4 Å². The van der Waals surface area contributed by atoms with Gasteiger partial charge in [-0.15, -0.1) is 0 Å². The topological polar surface area (TPSA) is 82.1 Å². The number of aromatic nitrogens is 4. The van der Waals surface area contributed by atoms with E-state index < -0.39 is 0 Å². The van der Waals surface area contributed by atoms with Gasteiger partial charge in [0, 0.05) is 38.3 Å². The van der Waals surface area contributed by atoms with Crippen molar-refractivity contribution >= 4 is 5.91 Å². The number of carbonyl (C=O) groups excluding carboxylic acids is 1. The summed E-state index contributed by atoms with van der Waals surface area (Å²) in [6, 6.07) is 14.3. The Morgan fingerprint density at radius 2 is 1.86 bits per heavy atom. The summed E-state index contributed by atoms with van der Waals surface area (Å²) in [4.78, 5) is 39.1. The predicted molar refractivity (Wildman–Crippen MR) is 108 cm³/mol. The number of carbonyl (C=O) groups is 1. The van der Waals surface area contributed by atoms with Crippen LogP contribution in [-0.4, -0.2) is 42.8 Å². The quantitative estimate of drug-likeness (QED) is 0.666. The fourth-order valence-corrected chi connectivity index (χ4v) is 3.82. The van der Waals surface area contributed by atoms with Crippen LogP contribution in [0.3, 0.4) is 0 Å². The van der Waals surface area contributed by atoms with Gasteiger partial charge in [0.05, 0.1) is 5.69 Å². The van der Waals surface area contributed by atoms with Gasteiger partial charge >= 0.3 is 5.69 Å². The second-order valence-corrected chi connectivity index (χ2v) is 7.28. The Balaban J connectivity index is 1.59. The molecule has 0 saturated carbocycles. The maximum Gasteiger partial charge on any atom is 0.350 e. The van der Waals surface area contributed by atoms with E-state index in [1.165, 1.54) is 15.3 Å². The van der Waals surface area contributed by atoms with Gasteiger partial charge in [0.2, 0.25) is 5.91 Å². The summed E-state index contributed by atoms with van der Waals surface area (Å²) >= 11 is 0. The van der Waals surface area contributed by atoms with Crippen LogP contribution >= 0.6 is 0 Å². The second kappa shape index (κ2) is 7.90. The summed E-state index contributed by atoms with van der Waals surface area (Å²) in [5, 5.41) is 4.48. The first-order chi connectivity index (χ1) is 14.0. The Bertz CT molecular complexity index is 1130. The van der Waals surface area contributed by atoms with Crippen LogP contribution in [0, 0.1) is 0 Å². The largest absolute Gasteiger partial charge is 0.350 e. The molecule has 1 aliphatic rings. The van der Waals surface area contributed by atoms with Gasteiger partial charge in [0.25, 0.3) is 5.56 Å². The lowest BCUT2D eigenvalue weighted by atomic mass is 9.97.